The molecule has 0 saturated carbocycles. The zero-order chi connectivity index (χ0) is 70.8. The Morgan fingerprint density at radius 3 is 0.381 bits per heavy atom. The molecule has 0 spiro atoms. The van der Waals surface area contributed by atoms with E-state index in [1.54, 1.807) is 72.8 Å². The Morgan fingerprint density at radius 1 is 0.186 bits per heavy atom. The van der Waals surface area contributed by atoms with Crippen LogP contribution in [0.1, 0.15) is 330 Å². The Morgan fingerprint density at radius 2 is 0.289 bits per heavy atom. The largest absolute Gasteiger partial charge is 0.545 e. The number of carbonyl (C=O) groups is 6. The van der Waals surface area contributed by atoms with Gasteiger partial charge in [0.2, 0.25) is 0 Å². The smallest absolute Gasteiger partial charge is 0.0715 e. The molecule has 6 rings (SSSR count). The Kier molecular flexibility index (Phi) is 55.6. The van der Waals surface area contributed by atoms with Crippen LogP contribution in [0.25, 0.3) is 0 Å². The van der Waals surface area contributed by atoms with Crippen LogP contribution in [0.3, 0.4) is 0 Å². The minimum Gasteiger partial charge on any atom is -0.545 e. The van der Waals surface area contributed by atoms with Crippen LogP contribution >= 0.6 is 0 Å². The quantitative estimate of drug-likeness (QED) is 0.0257. The van der Waals surface area contributed by atoms with Gasteiger partial charge in [-0.3, -0.25) is 0 Å². The molecule has 0 radical (unpaired) electrons. The molecule has 0 fully saturated rings. The summed E-state index contributed by atoms with van der Waals surface area (Å²) in [4.78, 5) is 63.2. The molecule has 0 aromatic heterocycles. The molecule has 0 heterocycles. The van der Waals surface area contributed by atoms with Gasteiger partial charge in [0.25, 0.3) is 0 Å². The van der Waals surface area contributed by atoms with Crippen molar-refractivity contribution in [2.24, 2.45) is 0 Å². The maximum atomic E-state index is 10.5. The van der Waals surface area contributed by atoms with Crippen molar-refractivity contribution in [3.63, 3.8) is 0 Å². The molecule has 0 saturated heterocycles. The van der Waals surface area contributed by atoms with Gasteiger partial charge in [-0.2, -0.15) is 0 Å². The van der Waals surface area contributed by atoms with Crippen LogP contribution in [-0.4, -0.2) is 35.8 Å². The van der Waals surface area contributed by atoms with E-state index in [9.17, 15) is 59.4 Å². The number of carboxylic acid groups (broad SMARTS) is 6. The van der Waals surface area contributed by atoms with Crippen molar-refractivity contribution in [2.75, 3.05) is 0 Å². The van der Waals surface area contributed by atoms with Crippen LogP contribution in [0.4, 0.5) is 0 Å². The molecule has 12 nitrogen and oxygen atoms in total. The maximum Gasteiger partial charge on any atom is 0.0715 e. The molecular weight excluding hydrogens is 1300 g/mol. The van der Waals surface area contributed by atoms with Gasteiger partial charge in [0.1, 0.15) is 0 Å². The van der Waals surface area contributed by atoms with Gasteiger partial charge in [0, 0.05) is 21.1 Å². The molecule has 0 N–H and O–H groups in total. The molecule has 534 valence electrons. The molecule has 0 aliphatic carbocycles. The Hall–Kier alpha value is -7.17. The predicted octanol–water partition coefficient (Wildman–Crippen LogP) is 15.4. The first-order chi connectivity index (χ1) is 46.4. The first-order valence-corrected chi connectivity index (χ1v) is 36.2. The summed E-state index contributed by atoms with van der Waals surface area (Å²) in [5.41, 5.74) is 8.81. The molecule has 0 amide bonds. The number of unbranched alkanes of at least 4 members (excludes halogenated alkanes) is 24. The fraction of sp³-hybridized carbons (Fsp3) is 0.500. The second-order valence-corrected chi connectivity index (χ2v) is 24.9. The summed E-state index contributed by atoms with van der Waals surface area (Å²) >= 11 is 0. The molecule has 97 heavy (non-hydrogen) atoms. The van der Waals surface area contributed by atoms with Crippen molar-refractivity contribution in [3.05, 3.63) is 212 Å². The normalized spacial score (nSPS) is 10.2. The van der Waals surface area contributed by atoms with Gasteiger partial charge in [-0.15, -0.1) is 0 Å². The second kappa shape index (κ2) is 60.0. The summed E-state index contributed by atoms with van der Waals surface area (Å²) < 4.78 is 0. The van der Waals surface area contributed by atoms with Crippen LogP contribution in [-0.2, 0) is 59.6 Å². The third kappa shape index (κ3) is 47.4. The zero-order valence-electron chi connectivity index (χ0n) is 59.6. The van der Waals surface area contributed by atoms with Crippen molar-refractivity contribution in [1.82, 2.24) is 0 Å². The summed E-state index contributed by atoms with van der Waals surface area (Å²) in [5, 5.41) is 63.2. The van der Waals surface area contributed by atoms with E-state index in [-0.39, 0.29) is 54.4 Å². The number of carbonyl (C=O) groups excluding carboxylic acids is 6. The molecule has 6 aromatic carbocycles. The van der Waals surface area contributed by atoms with E-state index >= 15 is 0 Å². The van der Waals surface area contributed by atoms with Gasteiger partial charge in [-0.05, 0) is 144 Å². The number of carboxylic acids is 6. The van der Waals surface area contributed by atoms with Crippen molar-refractivity contribution >= 4 is 35.8 Å². The average molecular weight is 1410 g/mol. The second-order valence-electron chi connectivity index (χ2n) is 24.9. The summed E-state index contributed by atoms with van der Waals surface area (Å²) in [7, 11) is 0. The number of hydrogen-bond donors (Lipinski definition) is 0. The SMILES string of the molecule is CCCCCCCc1ccc(C(=O)[O-])cc1.CCCCCCCc1ccc(C(=O)[O-])cc1.CCCCCCCc1ccc(C(=O)[O-])cc1.CCCCCCCc1ccc(C(=O)[O-])cc1.CCCCCCCc1ccc(C(=O)[O-])cc1.CCCCCCCc1ccc(C(=O)[O-])cc1.[Mo]. The Bertz CT molecular complexity index is 2420. The molecule has 0 unspecified atom stereocenters. The average Bonchev–Trinajstić information content (AvgIpc) is 2.49. The van der Waals surface area contributed by atoms with Gasteiger partial charge in [0.15, 0.2) is 0 Å². The van der Waals surface area contributed by atoms with Gasteiger partial charge in [-0.1, -0.05) is 341 Å². The molecular formula is C84H114MoO12-6. The van der Waals surface area contributed by atoms with E-state index in [0.29, 0.717) is 0 Å². The van der Waals surface area contributed by atoms with Crippen molar-refractivity contribution in [2.45, 2.75) is 273 Å². The van der Waals surface area contributed by atoms with Crippen LogP contribution in [0.15, 0.2) is 146 Å². The molecule has 6 aromatic rings. The van der Waals surface area contributed by atoms with E-state index in [0.717, 1.165) is 38.5 Å². The molecule has 0 aliphatic rings. The standard InChI is InChI=1S/6C14H20O2.Mo/c6*1-2-3-4-5-6-7-12-8-10-13(11-9-12)14(15)16;/h6*8-11H,2-7H2,1H3,(H,15,16);/p-6. The van der Waals surface area contributed by atoms with Crippen molar-refractivity contribution < 1.29 is 80.5 Å². The summed E-state index contributed by atoms with van der Waals surface area (Å²) in [5.74, 6) is -6.61. The monoisotopic (exact) mass is 1410 g/mol. The fourth-order valence-electron chi connectivity index (χ4n) is 10.4. The Balaban J connectivity index is 0.00000114. The zero-order valence-corrected chi connectivity index (χ0v) is 61.6. The predicted molar refractivity (Wildman–Crippen MR) is 379 cm³/mol. The van der Waals surface area contributed by atoms with Gasteiger partial charge >= 0.3 is 0 Å². The van der Waals surface area contributed by atoms with Crippen LogP contribution < -0.4 is 30.6 Å². The first kappa shape index (κ1) is 89.8. The number of aryl methyl sites for hydroxylation is 6. The summed E-state index contributed by atoms with van der Waals surface area (Å²) in [6.07, 6.45) is 44.1. The first-order valence-electron chi connectivity index (χ1n) is 36.2. The molecule has 0 aliphatic heterocycles. The van der Waals surface area contributed by atoms with Crippen LogP contribution in [0.5, 0.6) is 0 Å². The van der Waals surface area contributed by atoms with E-state index in [2.05, 4.69) is 41.5 Å². The summed E-state index contributed by atoms with van der Waals surface area (Å²) in [6.45, 7) is 13.2. The molecule has 0 bridgehead atoms. The van der Waals surface area contributed by atoms with E-state index < -0.39 is 35.8 Å². The summed E-state index contributed by atoms with van der Waals surface area (Å²) in [6, 6.07) is 42.0. The van der Waals surface area contributed by atoms with Crippen LogP contribution in [0, 0.1) is 0 Å². The molecule has 13 heteroatoms. The van der Waals surface area contributed by atoms with Gasteiger partial charge in [0.05, 0.1) is 35.8 Å². The van der Waals surface area contributed by atoms with E-state index in [1.807, 2.05) is 72.8 Å². The van der Waals surface area contributed by atoms with E-state index in [1.165, 1.54) is 226 Å². The third-order valence-electron chi connectivity index (χ3n) is 16.6. The van der Waals surface area contributed by atoms with Crippen LogP contribution in [0.2, 0.25) is 0 Å². The fourth-order valence-corrected chi connectivity index (χ4v) is 10.4. The molecule has 0 atom stereocenters. The Labute approximate surface area is 597 Å². The third-order valence-corrected chi connectivity index (χ3v) is 16.6. The number of hydrogen-bond acceptors (Lipinski definition) is 12. The maximum absolute atomic E-state index is 10.5. The van der Waals surface area contributed by atoms with Gasteiger partial charge in [-0.25, -0.2) is 0 Å². The minimum atomic E-state index is -1.10. The van der Waals surface area contributed by atoms with Crippen molar-refractivity contribution in [1.29, 1.82) is 0 Å². The minimum absolute atomic E-state index is 0. The topological polar surface area (TPSA) is 241 Å². The van der Waals surface area contributed by atoms with E-state index in [4.69, 9.17) is 0 Å². The number of benzene rings is 6. The van der Waals surface area contributed by atoms with Crippen molar-refractivity contribution in [3.8, 4) is 0 Å². The van der Waals surface area contributed by atoms with Gasteiger partial charge < -0.3 is 59.4 Å². The number of rotatable bonds is 42. The number of aromatic carboxylic acids is 6.